The van der Waals surface area contributed by atoms with Crippen molar-refractivity contribution in [3.8, 4) is 0 Å². The standard InChI is InChI=1S/C17H22N4O5/c1-9-10(21-15(25)26-16(2,3)4)6-18-13(9)12-11(19-8-22)7-20-17(12,5)14(23)24/h6-8,18H,1-5H3,(H,19,22)(H,21,25)(H,23,24). The third kappa shape index (κ3) is 3.61. The second-order valence-corrected chi connectivity index (χ2v) is 7.02. The number of allylic oxidation sites excluding steroid dienone is 1. The second-order valence-electron chi connectivity index (χ2n) is 7.02. The van der Waals surface area contributed by atoms with Crippen LogP contribution in [-0.4, -0.2) is 45.9 Å². The average Bonchev–Trinajstić information content (AvgIpc) is 3.00. The fourth-order valence-electron chi connectivity index (χ4n) is 2.60. The maximum Gasteiger partial charge on any atom is 0.412 e. The molecule has 1 atom stereocenters. The molecule has 0 radical (unpaired) electrons. The number of carboxylic acids is 1. The first-order chi connectivity index (χ1) is 12.0. The highest BCUT2D eigenvalue weighted by molar-refractivity contribution is 6.10. The van der Waals surface area contributed by atoms with Gasteiger partial charge in [-0.2, -0.15) is 0 Å². The molecule has 2 heterocycles. The topological polar surface area (TPSA) is 133 Å². The van der Waals surface area contributed by atoms with E-state index in [1.807, 2.05) is 0 Å². The summed E-state index contributed by atoms with van der Waals surface area (Å²) in [4.78, 5) is 41.6. The Hall–Kier alpha value is -3.10. The molecule has 140 valence electrons. The quantitative estimate of drug-likeness (QED) is 0.595. The van der Waals surface area contributed by atoms with Gasteiger partial charge in [-0.15, -0.1) is 0 Å². The number of carboxylic acid groups (broad SMARTS) is 1. The van der Waals surface area contributed by atoms with Crippen molar-refractivity contribution in [1.82, 2.24) is 10.3 Å². The van der Waals surface area contributed by atoms with Gasteiger partial charge in [-0.3, -0.25) is 15.1 Å². The zero-order chi connectivity index (χ0) is 19.7. The van der Waals surface area contributed by atoms with Crippen molar-refractivity contribution in [3.05, 3.63) is 23.2 Å². The number of aromatic amines is 1. The Morgan fingerprint density at radius 1 is 1.38 bits per heavy atom. The van der Waals surface area contributed by atoms with E-state index in [1.54, 1.807) is 27.7 Å². The number of aromatic nitrogens is 1. The molecular weight excluding hydrogens is 340 g/mol. The number of amides is 2. The summed E-state index contributed by atoms with van der Waals surface area (Å²) in [6, 6.07) is 0. The van der Waals surface area contributed by atoms with Crippen molar-refractivity contribution in [3.63, 3.8) is 0 Å². The molecule has 1 aromatic rings. The van der Waals surface area contributed by atoms with Gasteiger partial charge in [0, 0.05) is 18.0 Å². The molecule has 26 heavy (non-hydrogen) atoms. The number of rotatable bonds is 5. The Labute approximate surface area is 150 Å². The largest absolute Gasteiger partial charge is 0.479 e. The molecule has 1 aliphatic heterocycles. The van der Waals surface area contributed by atoms with Crippen molar-refractivity contribution < 1.29 is 24.2 Å². The average molecular weight is 362 g/mol. The number of nitrogens with zero attached hydrogens (tertiary/aromatic N) is 1. The molecule has 2 amide bonds. The van der Waals surface area contributed by atoms with Crippen LogP contribution in [0.15, 0.2) is 16.9 Å². The third-order valence-electron chi connectivity index (χ3n) is 3.86. The van der Waals surface area contributed by atoms with Gasteiger partial charge in [-0.1, -0.05) is 0 Å². The van der Waals surface area contributed by atoms with E-state index in [4.69, 9.17) is 4.74 Å². The van der Waals surface area contributed by atoms with Crippen molar-refractivity contribution in [2.45, 2.75) is 45.8 Å². The molecule has 0 saturated carbocycles. The predicted octanol–water partition coefficient (Wildman–Crippen LogP) is 2.05. The van der Waals surface area contributed by atoms with Gasteiger partial charge in [0.2, 0.25) is 6.41 Å². The van der Waals surface area contributed by atoms with Crippen LogP contribution in [0.3, 0.4) is 0 Å². The number of nitrogens with one attached hydrogen (secondary N) is 3. The van der Waals surface area contributed by atoms with E-state index in [0.29, 0.717) is 28.9 Å². The summed E-state index contributed by atoms with van der Waals surface area (Å²) >= 11 is 0. The highest BCUT2D eigenvalue weighted by Gasteiger charge is 2.44. The Morgan fingerprint density at radius 2 is 2.04 bits per heavy atom. The number of carbonyl (C=O) groups excluding carboxylic acids is 2. The molecule has 0 fully saturated rings. The number of ether oxygens (including phenoxy) is 1. The number of H-pyrrole nitrogens is 1. The van der Waals surface area contributed by atoms with Gasteiger partial charge in [0.15, 0.2) is 5.54 Å². The van der Waals surface area contributed by atoms with Crippen LogP contribution in [0.2, 0.25) is 0 Å². The fraction of sp³-hybridized carbons (Fsp3) is 0.412. The SMILES string of the molecule is Cc1c(NC(=O)OC(C)(C)C)c[nH]c1C1=C(NC=O)C=NC1(C)C(=O)O. The molecular formula is C17H22N4O5. The molecule has 1 unspecified atom stereocenters. The summed E-state index contributed by atoms with van der Waals surface area (Å²) in [7, 11) is 0. The maximum absolute atomic E-state index is 12.0. The van der Waals surface area contributed by atoms with E-state index in [0.717, 1.165) is 0 Å². The smallest absolute Gasteiger partial charge is 0.412 e. The van der Waals surface area contributed by atoms with Crippen LogP contribution in [0.5, 0.6) is 0 Å². The Balaban J connectivity index is 2.41. The molecule has 0 spiro atoms. The summed E-state index contributed by atoms with van der Waals surface area (Å²) in [5, 5.41) is 14.7. The van der Waals surface area contributed by atoms with Gasteiger partial charge >= 0.3 is 12.1 Å². The minimum Gasteiger partial charge on any atom is -0.479 e. The Bertz CT molecular complexity index is 816. The van der Waals surface area contributed by atoms with E-state index in [1.165, 1.54) is 19.3 Å². The molecule has 1 aliphatic rings. The highest BCUT2D eigenvalue weighted by atomic mass is 16.6. The molecule has 0 saturated heterocycles. The lowest BCUT2D eigenvalue weighted by Crippen LogP contribution is -2.34. The monoisotopic (exact) mass is 362 g/mol. The summed E-state index contributed by atoms with van der Waals surface area (Å²) in [6.45, 7) is 8.39. The Kier molecular flexibility index (Phi) is 4.93. The summed E-state index contributed by atoms with van der Waals surface area (Å²) in [5.41, 5.74) is -0.166. The first-order valence-electron chi connectivity index (χ1n) is 7.91. The molecule has 0 aromatic carbocycles. The summed E-state index contributed by atoms with van der Waals surface area (Å²) in [6.07, 6.45) is 2.66. The molecule has 1 aromatic heterocycles. The van der Waals surface area contributed by atoms with E-state index >= 15 is 0 Å². The minimum absolute atomic E-state index is 0.277. The van der Waals surface area contributed by atoms with E-state index in [9.17, 15) is 19.5 Å². The number of aliphatic carboxylic acids is 1. The number of hydrogen-bond donors (Lipinski definition) is 4. The Morgan fingerprint density at radius 3 is 2.58 bits per heavy atom. The van der Waals surface area contributed by atoms with E-state index < -0.39 is 23.2 Å². The summed E-state index contributed by atoms with van der Waals surface area (Å²) < 4.78 is 5.22. The minimum atomic E-state index is -1.57. The summed E-state index contributed by atoms with van der Waals surface area (Å²) in [5.74, 6) is -1.16. The van der Waals surface area contributed by atoms with E-state index in [-0.39, 0.29) is 5.70 Å². The lowest BCUT2D eigenvalue weighted by atomic mass is 9.89. The molecule has 9 heteroatoms. The third-order valence-corrected chi connectivity index (χ3v) is 3.86. The van der Waals surface area contributed by atoms with Crippen LogP contribution >= 0.6 is 0 Å². The number of anilines is 1. The van der Waals surface area contributed by atoms with Crippen molar-refractivity contribution >= 4 is 35.9 Å². The number of carbonyl (C=O) groups is 3. The van der Waals surface area contributed by atoms with Crippen LogP contribution in [-0.2, 0) is 14.3 Å². The second kappa shape index (κ2) is 6.66. The molecule has 0 bridgehead atoms. The molecule has 9 nitrogen and oxygen atoms in total. The van der Waals surface area contributed by atoms with Crippen LogP contribution in [0.25, 0.3) is 5.57 Å². The maximum atomic E-state index is 12.0. The van der Waals surface area contributed by atoms with Gasteiger partial charge in [0.25, 0.3) is 0 Å². The van der Waals surface area contributed by atoms with Crippen LogP contribution in [0.1, 0.15) is 39.0 Å². The van der Waals surface area contributed by atoms with E-state index in [2.05, 4.69) is 20.6 Å². The zero-order valence-corrected chi connectivity index (χ0v) is 15.3. The first kappa shape index (κ1) is 19.2. The first-order valence-corrected chi connectivity index (χ1v) is 7.91. The number of aliphatic imine (C=N–C) groups is 1. The van der Waals surface area contributed by atoms with Crippen LogP contribution in [0.4, 0.5) is 10.5 Å². The molecule has 0 aliphatic carbocycles. The fourth-order valence-corrected chi connectivity index (χ4v) is 2.60. The van der Waals surface area contributed by atoms with Crippen molar-refractivity contribution in [2.24, 2.45) is 4.99 Å². The predicted molar refractivity (Wildman–Crippen MR) is 96.0 cm³/mol. The molecule has 2 rings (SSSR count). The van der Waals surface area contributed by atoms with Crippen LogP contribution < -0.4 is 10.6 Å². The lowest BCUT2D eigenvalue weighted by Gasteiger charge is -2.21. The molecule has 4 N–H and O–H groups in total. The number of hydrogen-bond acceptors (Lipinski definition) is 5. The van der Waals surface area contributed by atoms with Crippen LogP contribution in [0, 0.1) is 6.92 Å². The lowest BCUT2D eigenvalue weighted by molar-refractivity contribution is -0.140. The van der Waals surface area contributed by atoms with Gasteiger partial charge in [-0.25, -0.2) is 9.59 Å². The van der Waals surface area contributed by atoms with Gasteiger partial charge in [0.05, 0.1) is 17.1 Å². The van der Waals surface area contributed by atoms with Crippen molar-refractivity contribution in [1.29, 1.82) is 0 Å². The highest BCUT2D eigenvalue weighted by Crippen LogP contribution is 2.39. The normalized spacial score (nSPS) is 19.4. The van der Waals surface area contributed by atoms with Crippen molar-refractivity contribution in [2.75, 3.05) is 5.32 Å². The van der Waals surface area contributed by atoms with Gasteiger partial charge in [0.1, 0.15) is 5.60 Å². The zero-order valence-electron chi connectivity index (χ0n) is 15.3. The van der Waals surface area contributed by atoms with Gasteiger partial charge in [-0.05, 0) is 40.2 Å². The van der Waals surface area contributed by atoms with Gasteiger partial charge < -0.3 is 20.1 Å².